The Morgan fingerprint density at radius 2 is 2.24 bits per heavy atom. The van der Waals surface area contributed by atoms with E-state index in [2.05, 4.69) is 40.4 Å². The maximum atomic E-state index is 12.3. The number of cyclic esters (lactones) is 1. The molecule has 1 aliphatic rings. The lowest BCUT2D eigenvalue weighted by molar-refractivity contribution is 0.184. The van der Waals surface area contributed by atoms with E-state index in [1.807, 2.05) is 6.07 Å². The third-order valence-electron chi connectivity index (χ3n) is 3.83. The molecular weight excluding hydrogens is 290 g/mol. The van der Waals surface area contributed by atoms with Gasteiger partial charge in [-0.25, -0.2) is 9.10 Å². The largest absolute Gasteiger partial charge is 0.437 e. The van der Waals surface area contributed by atoms with Gasteiger partial charge in [-0.1, -0.05) is 13.8 Å². The molecule has 2 aromatic heterocycles. The number of hydrogen-bond donors (Lipinski definition) is 2. The zero-order valence-electron chi connectivity index (χ0n) is 12.5. The van der Waals surface area contributed by atoms with Crippen LogP contribution in [0, 0.1) is 0 Å². The number of aromatic amines is 1. The molecule has 0 saturated carbocycles. The lowest BCUT2D eigenvalue weighted by Crippen LogP contribution is -2.31. The van der Waals surface area contributed by atoms with Crippen molar-refractivity contribution in [2.24, 2.45) is 0 Å². The number of nitrogens with one attached hydrogen (secondary N) is 2. The van der Waals surface area contributed by atoms with Crippen LogP contribution in [0.15, 0.2) is 12.3 Å². The Labute approximate surface area is 124 Å². The smallest absolute Gasteiger partial charge is 0.425 e. The molecule has 3 rings (SSSR count). The van der Waals surface area contributed by atoms with Crippen molar-refractivity contribution >= 4 is 39.1 Å². The number of hydrogen-bond acceptors (Lipinski definition) is 5. The second-order valence-corrected chi connectivity index (χ2v) is 9.10. The first-order chi connectivity index (χ1) is 9.97. The summed E-state index contributed by atoms with van der Waals surface area (Å²) in [6.07, 6.45) is 3.57. The summed E-state index contributed by atoms with van der Waals surface area (Å²) >= 11 is 0. The Morgan fingerprint density at radius 1 is 1.48 bits per heavy atom. The van der Waals surface area contributed by atoms with Gasteiger partial charge in [-0.15, -0.1) is 10.2 Å². The number of aromatic nitrogens is 3. The maximum Gasteiger partial charge on any atom is 0.425 e. The molecule has 0 aromatic carbocycles. The first-order valence-electron chi connectivity index (χ1n) is 6.72. The van der Waals surface area contributed by atoms with E-state index < -0.39 is 10.2 Å². The molecular formula is C13H19N5O2S. The molecule has 2 N–H and O–H groups in total. The van der Waals surface area contributed by atoms with Crippen molar-refractivity contribution in [2.75, 3.05) is 28.9 Å². The predicted molar refractivity (Wildman–Crippen MR) is 85.9 cm³/mol. The Morgan fingerprint density at radius 3 is 2.90 bits per heavy atom. The fourth-order valence-corrected chi connectivity index (χ4v) is 4.34. The second-order valence-electron chi connectivity index (χ2n) is 5.34. The summed E-state index contributed by atoms with van der Waals surface area (Å²) < 4.78 is 7.06. The molecule has 8 heteroatoms. The van der Waals surface area contributed by atoms with Gasteiger partial charge in [0.1, 0.15) is 11.6 Å². The van der Waals surface area contributed by atoms with Crippen LogP contribution in [0.1, 0.15) is 13.8 Å². The van der Waals surface area contributed by atoms with Crippen molar-refractivity contribution in [3.8, 4) is 0 Å². The highest BCUT2D eigenvalue weighted by Crippen LogP contribution is 2.58. The molecule has 114 valence electrons. The summed E-state index contributed by atoms with van der Waals surface area (Å²) in [6.45, 7) is 4.22. The number of anilines is 2. The normalized spacial score (nSPS) is 25.2. The van der Waals surface area contributed by atoms with Crippen molar-refractivity contribution in [3.05, 3.63) is 12.3 Å². The minimum absolute atomic E-state index is 0.311. The number of carbonyl (C=O) groups excluding carboxylic acids is 1. The average Bonchev–Trinajstić information content (AvgIpc) is 3.03. The Bertz CT molecular complexity index is 701. The number of H-pyrrole nitrogens is 1. The number of carbonyl (C=O) groups is 1. The summed E-state index contributed by atoms with van der Waals surface area (Å²) in [6, 6.07) is 1.88. The van der Waals surface area contributed by atoms with E-state index in [1.54, 1.807) is 17.5 Å². The molecule has 3 heterocycles. The molecule has 1 unspecified atom stereocenters. The minimum atomic E-state index is -1.43. The minimum Gasteiger partial charge on any atom is -0.437 e. The van der Waals surface area contributed by atoms with Gasteiger partial charge in [-0.05, 0) is 12.3 Å². The average molecular weight is 309 g/mol. The Hall–Kier alpha value is -1.96. The summed E-state index contributed by atoms with van der Waals surface area (Å²) in [5.41, 5.74) is 0.703. The molecule has 0 bridgehead atoms. The summed E-state index contributed by atoms with van der Waals surface area (Å²) in [5, 5.41) is 4.07. The molecule has 2 aromatic rings. The van der Waals surface area contributed by atoms with Gasteiger partial charge in [0.2, 0.25) is 5.95 Å². The predicted octanol–water partition coefficient (Wildman–Crippen LogP) is 2.67. The monoisotopic (exact) mass is 309 g/mol. The van der Waals surface area contributed by atoms with Crippen molar-refractivity contribution in [1.82, 2.24) is 15.0 Å². The summed E-state index contributed by atoms with van der Waals surface area (Å²) in [7, 11) is 0.327. The van der Waals surface area contributed by atoms with Gasteiger partial charge in [0.25, 0.3) is 0 Å². The molecule has 1 fully saturated rings. The highest BCUT2D eigenvalue weighted by Gasteiger charge is 2.44. The quantitative estimate of drug-likeness (QED) is 0.910. The lowest BCUT2D eigenvalue weighted by Gasteiger charge is -2.40. The number of ether oxygens (including phenoxy) is 1. The van der Waals surface area contributed by atoms with Crippen LogP contribution in [-0.4, -0.2) is 45.5 Å². The number of nitrogens with zero attached hydrogens (tertiary/aromatic N) is 3. The van der Waals surface area contributed by atoms with Gasteiger partial charge < -0.3 is 15.0 Å². The van der Waals surface area contributed by atoms with E-state index in [0.717, 1.165) is 5.39 Å². The molecule has 1 amide bonds. The van der Waals surface area contributed by atoms with Crippen LogP contribution >= 0.6 is 10.2 Å². The van der Waals surface area contributed by atoms with Gasteiger partial charge in [0.05, 0.1) is 5.39 Å². The van der Waals surface area contributed by atoms with E-state index in [-0.39, 0.29) is 6.09 Å². The third-order valence-corrected chi connectivity index (χ3v) is 7.61. The first-order valence-corrected chi connectivity index (χ1v) is 8.95. The topological polar surface area (TPSA) is 83.1 Å². The lowest BCUT2D eigenvalue weighted by atomic mass is 10.4. The van der Waals surface area contributed by atoms with Crippen molar-refractivity contribution in [3.63, 3.8) is 0 Å². The molecule has 21 heavy (non-hydrogen) atoms. The number of rotatable bonds is 3. The van der Waals surface area contributed by atoms with Crippen LogP contribution in [0.2, 0.25) is 0 Å². The van der Waals surface area contributed by atoms with E-state index in [1.165, 1.54) is 0 Å². The second kappa shape index (κ2) is 4.80. The van der Waals surface area contributed by atoms with Crippen LogP contribution in [0.3, 0.4) is 0 Å². The number of fused-ring (bicyclic) bond motifs is 1. The van der Waals surface area contributed by atoms with E-state index in [4.69, 9.17) is 4.74 Å². The van der Waals surface area contributed by atoms with E-state index in [9.17, 15) is 4.79 Å². The summed E-state index contributed by atoms with van der Waals surface area (Å²) in [5.74, 6) is 1.53. The fraction of sp³-hybridized carbons (Fsp3) is 0.462. The van der Waals surface area contributed by atoms with Gasteiger partial charge in [-0.3, -0.25) is 0 Å². The SMILES string of the molecule is CNc1nc(N2C(=O)OCS2(C)C(C)C)c2cc[nH]c2n1. The van der Waals surface area contributed by atoms with Crippen LogP contribution < -0.4 is 9.62 Å². The molecule has 0 aliphatic carbocycles. The van der Waals surface area contributed by atoms with Crippen molar-refractivity contribution in [2.45, 2.75) is 19.1 Å². The molecule has 7 nitrogen and oxygen atoms in total. The highest BCUT2D eigenvalue weighted by molar-refractivity contribution is 8.35. The van der Waals surface area contributed by atoms with Gasteiger partial charge in [0, 0.05) is 18.5 Å². The molecule has 1 saturated heterocycles. The summed E-state index contributed by atoms with van der Waals surface area (Å²) in [4.78, 5) is 24.2. The zero-order valence-corrected chi connectivity index (χ0v) is 13.3. The van der Waals surface area contributed by atoms with Crippen LogP contribution in [0.4, 0.5) is 16.6 Å². The van der Waals surface area contributed by atoms with Crippen LogP contribution in [0.25, 0.3) is 11.0 Å². The van der Waals surface area contributed by atoms with Gasteiger partial charge in [0.15, 0.2) is 5.82 Å². The molecule has 0 spiro atoms. The standard InChI is InChI=1S/C13H19N5O2S/c1-8(2)21(4)7-20-13(19)18(21)11-9-5-6-15-10(9)16-12(14-3)17-11/h5-6,8H,7H2,1-4H3,(H2,14,15,16,17). The highest BCUT2D eigenvalue weighted by atomic mass is 32.3. The Balaban J connectivity index is 2.22. The Kier molecular flexibility index (Phi) is 3.20. The van der Waals surface area contributed by atoms with E-state index in [0.29, 0.717) is 28.6 Å². The first kappa shape index (κ1) is 14.0. The van der Waals surface area contributed by atoms with Crippen molar-refractivity contribution < 1.29 is 9.53 Å². The molecule has 1 atom stereocenters. The van der Waals surface area contributed by atoms with Crippen LogP contribution in [-0.2, 0) is 4.74 Å². The number of amides is 1. The third kappa shape index (κ3) is 2.01. The van der Waals surface area contributed by atoms with Crippen molar-refractivity contribution in [1.29, 1.82) is 0 Å². The zero-order chi connectivity index (χ0) is 15.2. The fourth-order valence-electron chi connectivity index (χ4n) is 2.27. The van der Waals surface area contributed by atoms with Crippen LogP contribution in [0.5, 0.6) is 0 Å². The van der Waals surface area contributed by atoms with Gasteiger partial charge in [-0.2, -0.15) is 9.97 Å². The molecule has 0 radical (unpaired) electrons. The molecule has 1 aliphatic heterocycles. The van der Waals surface area contributed by atoms with Gasteiger partial charge >= 0.3 is 6.09 Å². The van der Waals surface area contributed by atoms with E-state index >= 15 is 0 Å². The maximum absolute atomic E-state index is 12.3.